The van der Waals surface area contributed by atoms with E-state index in [0.29, 0.717) is 17.2 Å². The second-order valence-corrected chi connectivity index (χ2v) is 8.51. The summed E-state index contributed by atoms with van der Waals surface area (Å²) in [7, 11) is 0. The molecule has 1 amide bonds. The highest BCUT2D eigenvalue weighted by Gasteiger charge is 2.18. The number of nitrogens with two attached hydrogens (primary N) is 1. The molecule has 0 radical (unpaired) electrons. The van der Waals surface area contributed by atoms with Crippen molar-refractivity contribution >= 4 is 49.9 Å². The lowest BCUT2D eigenvalue weighted by atomic mass is 10.1. The van der Waals surface area contributed by atoms with Crippen molar-refractivity contribution in [1.82, 2.24) is 15.0 Å². The number of amides is 1. The first-order valence-electron chi connectivity index (χ1n) is 9.97. The van der Waals surface area contributed by atoms with E-state index in [-0.39, 0.29) is 5.91 Å². The highest BCUT2D eigenvalue weighted by molar-refractivity contribution is 7.13. The van der Waals surface area contributed by atoms with Crippen LogP contribution in [0.3, 0.4) is 0 Å². The number of pyridine rings is 1. The van der Waals surface area contributed by atoms with Gasteiger partial charge in [-0.1, -0.05) is 36.4 Å². The van der Waals surface area contributed by atoms with Gasteiger partial charge in [0.15, 0.2) is 5.13 Å². The maximum absolute atomic E-state index is 13.2. The van der Waals surface area contributed by atoms with E-state index < -0.39 is 0 Å². The summed E-state index contributed by atoms with van der Waals surface area (Å²) in [6.07, 6.45) is 0.488. The van der Waals surface area contributed by atoms with Gasteiger partial charge in [-0.2, -0.15) is 0 Å². The number of para-hydroxylation sites is 2. The average molecular weight is 428 g/mol. The fourth-order valence-electron chi connectivity index (χ4n) is 3.92. The molecular formula is C24H21N5OS. The Hall–Kier alpha value is -3.71. The minimum absolute atomic E-state index is 0.233. The third-order valence-electron chi connectivity index (χ3n) is 5.44. The van der Waals surface area contributed by atoms with E-state index in [1.165, 1.54) is 11.3 Å². The average Bonchev–Trinajstić information content (AvgIpc) is 3.34. The molecule has 4 N–H and O–H groups in total. The molecule has 3 heterocycles. The summed E-state index contributed by atoms with van der Waals surface area (Å²) in [6, 6.07) is 15.9. The van der Waals surface area contributed by atoms with Crippen LogP contribution in [0.4, 0.5) is 10.8 Å². The summed E-state index contributed by atoms with van der Waals surface area (Å²) in [6.45, 7) is 3.97. The van der Waals surface area contributed by atoms with E-state index in [1.54, 1.807) is 0 Å². The molecule has 0 saturated carbocycles. The number of hydrogen-bond acceptors (Lipinski definition) is 5. The molecule has 2 aromatic carbocycles. The quantitative estimate of drug-likeness (QED) is 0.367. The lowest BCUT2D eigenvalue weighted by Crippen LogP contribution is -2.16. The zero-order valence-corrected chi connectivity index (χ0v) is 18.0. The zero-order chi connectivity index (χ0) is 21.5. The van der Waals surface area contributed by atoms with Crippen LogP contribution >= 0.6 is 11.3 Å². The molecule has 0 bridgehead atoms. The number of hydrogen-bond donors (Lipinski definition) is 3. The number of aromatic amines is 1. The highest BCUT2D eigenvalue weighted by atomic mass is 32.1. The second kappa shape index (κ2) is 7.52. The fourth-order valence-corrected chi connectivity index (χ4v) is 4.48. The first kappa shape index (κ1) is 19.3. The topological polar surface area (TPSA) is 96.7 Å². The van der Waals surface area contributed by atoms with Crippen molar-refractivity contribution in [2.24, 2.45) is 0 Å². The monoisotopic (exact) mass is 427 g/mol. The summed E-state index contributed by atoms with van der Waals surface area (Å²) in [5.41, 5.74) is 12.6. The minimum atomic E-state index is -0.233. The molecule has 0 aliphatic rings. The summed E-state index contributed by atoms with van der Waals surface area (Å²) in [4.78, 5) is 25.8. The van der Waals surface area contributed by atoms with Gasteiger partial charge in [-0.3, -0.25) is 4.79 Å². The first-order valence-corrected chi connectivity index (χ1v) is 10.9. The molecule has 6 nitrogen and oxygen atoms in total. The van der Waals surface area contributed by atoms with E-state index in [1.807, 2.05) is 67.8 Å². The van der Waals surface area contributed by atoms with Crippen LogP contribution in [0, 0.1) is 13.8 Å². The van der Waals surface area contributed by atoms with E-state index in [4.69, 9.17) is 10.7 Å². The zero-order valence-electron chi connectivity index (χ0n) is 17.2. The maximum Gasteiger partial charge on any atom is 0.274 e. The van der Waals surface area contributed by atoms with E-state index in [2.05, 4.69) is 15.3 Å². The van der Waals surface area contributed by atoms with Gasteiger partial charge in [-0.05, 0) is 37.1 Å². The lowest BCUT2D eigenvalue weighted by Gasteiger charge is -2.12. The van der Waals surface area contributed by atoms with E-state index >= 15 is 0 Å². The largest absolute Gasteiger partial charge is 0.375 e. The Kier molecular flexibility index (Phi) is 4.67. The third-order valence-corrected chi connectivity index (χ3v) is 6.16. The number of rotatable bonds is 4. The number of carbonyl (C=O) groups is 1. The number of carbonyl (C=O) groups excluding carboxylic acids is 1. The molecule has 5 aromatic rings. The van der Waals surface area contributed by atoms with Crippen LogP contribution in [0.2, 0.25) is 0 Å². The molecule has 0 saturated heterocycles. The molecule has 5 rings (SSSR count). The van der Waals surface area contributed by atoms with Gasteiger partial charge in [0.1, 0.15) is 5.69 Å². The Labute approximate surface area is 183 Å². The molecule has 154 valence electrons. The number of fused-ring (bicyclic) bond motifs is 3. The Morgan fingerprint density at radius 3 is 2.58 bits per heavy atom. The number of benzene rings is 2. The summed E-state index contributed by atoms with van der Waals surface area (Å²) in [5, 5.41) is 7.52. The molecule has 0 unspecified atom stereocenters. The SMILES string of the molecule is Cc1cccc(C)c1NC(=O)c1cc2c([nH]c3ccccc32)c(Cc2csc(N)n2)n1. The van der Waals surface area contributed by atoms with Crippen molar-refractivity contribution in [3.8, 4) is 0 Å². The van der Waals surface area contributed by atoms with Crippen LogP contribution in [0.5, 0.6) is 0 Å². The Morgan fingerprint density at radius 1 is 1.06 bits per heavy atom. The van der Waals surface area contributed by atoms with Crippen LogP contribution in [-0.2, 0) is 6.42 Å². The van der Waals surface area contributed by atoms with Crippen molar-refractivity contribution in [1.29, 1.82) is 0 Å². The summed E-state index contributed by atoms with van der Waals surface area (Å²) in [5.74, 6) is -0.233. The number of nitrogen functional groups attached to an aromatic ring is 1. The Bertz CT molecular complexity index is 1430. The molecule has 0 aliphatic carbocycles. The number of nitrogens with zero attached hydrogens (tertiary/aromatic N) is 2. The predicted octanol–water partition coefficient (Wildman–Crippen LogP) is 5.21. The molecule has 0 spiro atoms. The van der Waals surface area contributed by atoms with E-state index in [9.17, 15) is 4.79 Å². The number of H-pyrrole nitrogens is 1. The van der Waals surface area contributed by atoms with Gasteiger partial charge < -0.3 is 16.0 Å². The Balaban J connectivity index is 1.64. The molecular weight excluding hydrogens is 406 g/mol. The number of thiazole rings is 1. The van der Waals surface area contributed by atoms with Crippen LogP contribution in [-0.4, -0.2) is 20.9 Å². The molecule has 0 fully saturated rings. The van der Waals surface area contributed by atoms with Crippen molar-refractivity contribution in [2.75, 3.05) is 11.1 Å². The van der Waals surface area contributed by atoms with Crippen LogP contribution in [0.15, 0.2) is 53.9 Å². The van der Waals surface area contributed by atoms with Gasteiger partial charge in [0.25, 0.3) is 5.91 Å². The lowest BCUT2D eigenvalue weighted by molar-refractivity contribution is 0.102. The van der Waals surface area contributed by atoms with Crippen molar-refractivity contribution < 1.29 is 4.79 Å². The van der Waals surface area contributed by atoms with Crippen LogP contribution < -0.4 is 11.1 Å². The van der Waals surface area contributed by atoms with Gasteiger partial charge >= 0.3 is 0 Å². The molecule has 0 atom stereocenters. The standard InChI is InChI=1S/C24H21N5OS/c1-13-6-5-7-14(2)21(13)29-23(30)20-11-17-16-8-3-4-9-18(16)28-22(17)19(27-20)10-15-12-31-24(25)26-15/h3-9,11-12,28H,10H2,1-2H3,(H2,25,26)(H,29,30). The van der Waals surface area contributed by atoms with Gasteiger partial charge in [-0.15, -0.1) is 11.3 Å². The normalized spacial score (nSPS) is 11.3. The number of aryl methyl sites for hydroxylation is 2. The smallest absolute Gasteiger partial charge is 0.274 e. The van der Waals surface area contributed by atoms with Crippen LogP contribution in [0.25, 0.3) is 21.8 Å². The predicted molar refractivity (Wildman–Crippen MR) is 127 cm³/mol. The van der Waals surface area contributed by atoms with Crippen molar-refractivity contribution in [2.45, 2.75) is 20.3 Å². The molecule has 3 aromatic heterocycles. The van der Waals surface area contributed by atoms with Gasteiger partial charge in [0.05, 0.1) is 16.9 Å². The number of anilines is 2. The summed E-state index contributed by atoms with van der Waals surface area (Å²) >= 11 is 1.40. The number of aromatic nitrogens is 3. The molecule has 31 heavy (non-hydrogen) atoms. The van der Waals surface area contributed by atoms with Crippen LogP contribution in [0.1, 0.15) is 33.0 Å². The van der Waals surface area contributed by atoms with E-state index in [0.717, 1.165) is 50.0 Å². The minimum Gasteiger partial charge on any atom is -0.375 e. The van der Waals surface area contributed by atoms with Gasteiger partial charge in [0, 0.05) is 33.8 Å². The second-order valence-electron chi connectivity index (χ2n) is 7.62. The molecule has 7 heteroatoms. The van der Waals surface area contributed by atoms with Gasteiger partial charge in [0.2, 0.25) is 0 Å². The summed E-state index contributed by atoms with van der Waals surface area (Å²) < 4.78 is 0. The highest BCUT2D eigenvalue weighted by Crippen LogP contribution is 2.30. The van der Waals surface area contributed by atoms with Crippen molar-refractivity contribution in [3.63, 3.8) is 0 Å². The maximum atomic E-state index is 13.2. The molecule has 0 aliphatic heterocycles. The van der Waals surface area contributed by atoms with Gasteiger partial charge in [-0.25, -0.2) is 9.97 Å². The third kappa shape index (κ3) is 3.53. The Morgan fingerprint density at radius 2 is 1.84 bits per heavy atom. The number of nitrogens with one attached hydrogen (secondary N) is 2. The first-order chi connectivity index (χ1) is 15.0. The fraction of sp³-hybridized carbons (Fsp3) is 0.125. The van der Waals surface area contributed by atoms with Crippen molar-refractivity contribution in [3.05, 3.63) is 82.1 Å².